The Hall–Kier alpha value is -2.48. The molecule has 24 heavy (non-hydrogen) atoms. The lowest BCUT2D eigenvalue weighted by atomic mass is 10.1. The van der Waals surface area contributed by atoms with Gasteiger partial charge in [-0.25, -0.2) is 9.18 Å². The Morgan fingerprint density at radius 3 is 2.79 bits per heavy atom. The number of hydrogen-bond acceptors (Lipinski definition) is 4. The summed E-state index contributed by atoms with van der Waals surface area (Å²) >= 11 is 0. The van der Waals surface area contributed by atoms with Gasteiger partial charge in [0.05, 0.1) is 25.6 Å². The first-order chi connectivity index (χ1) is 11.3. The van der Waals surface area contributed by atoms with Gasteiger partial charge in [-0.15, -0.1) is 0 Å². The minimum Gasteiger partial charge on any atom is -0.479 e. The fourth-order valence-corrected chi connectivity index (χ4v) is 2.47. The number of carboxylic acid groups (broad SMARTS) is 1. The van der Waals surface area contributed by atoms with E-state index in [1.807, 2.05) is 0 Å². The molecule has 1 fully saturated rings. The lowest BCUT2D eigenvalue weighted by Gasteiger charge is -2.34. The van der Waals surface area contributed by atoms with Crippen molar-refractivity contribution >= 4 is 17.8 Å². The van der Waals surface area contributed by atoms with Crippen molar-refractivity contribution in [3.63, 3.8) is 0 Å². The van der Waals surface area contributed by atoms with Gasteiger partial charge in [-0.2, -0.15) is 0 Å². The quantitative estimate of drug-likeness (QED) is 0.799. The Kier molecular flexibility index (Phi) is 5.86. The molecule has 0 radical (unpaired) electrons. The average Bonchev–Trinajstić information content (AvgIpc) is 2.52. The molecule has 2 N–H and O–H groups in total. The Balaban J connectivity index is 1.83. The van der Waals surface area contributed by atoms with Crippen LogP contribution < -0.4 is 5.32 Å². The van der Waals surface area contributed by atoms with Crippen molar-refractivity contribution in [1.82, 2.24) is 10.2 Å². The van der Waals surface area contributed by atoms with Gasteiger partial charge < -0.3 is 20.1 Å². The molecule has 130 valence electrons. The normalized spacial score (nSPS) is 20.5. The first-order valence-electron chi connectivity index (χ1n) is 7.52. The molecule has 1 aliphatic heterocycles. The molecule has 1 aromatic rings. The largest absolute Gasteiger partial charge is 0.479 e. The number of carboxylic acids is 1. The average molecular weight is 338 g/mol. The Morgan fingerprint density at radius 1 is 1.38 bits per heavy atom. The van der Waals surface area contributed by atoms with Crippen LogP contribution in [0, 0.1) is 5.82 Å². The number of carbonyl (C=O) groups is 3. The summed E-state index contributed by atoms with van der Waals surface area (Å²) in [5.74, 6) is -2.36. The van der Waals surface area contributed by atoms with E-state index in [4.69, 9.17) is 9.84 Å². The summed E-state index contributed by atoms with van der Waals surface area (Å²) < 4.78 is 18.3. The summed E-state index contributed by atoms with van der Waals surface area (Å²) in [6.07, 6.45) is -1.50. The van der Waals surface area contributed by atoms with E-state index in [2.05, 4.69) is 5.32 Å². The van der Waals surface area contributed by atoms with E-state index in [1.54, 1.807) is 13.0 Å². The molecule has 0 aliphatic carbocycles. The van der Waals surface area contributed by atoms with Crippen LogP contribution in [0.15, 0.2) is 24.3 Å². The molecule has 7 nitrogen and oxygen atoms in total. The van der Waals surface area contributed by atoms with E-state index < -0.39 is 29.9 Å². The summed E-state index contributed by atoms with van der Waals surface area (Å²) in [7, 11) is 0. The topological polar surface area (TPSA) is 95.9 Å². The predicted molar refractivity (Wildman–Crippen MR) is 81.7 cm³/mol. The third-order valence-corrected chi connectivity index (χ3v) is 3.58. The smallest absolute Gasteiger partial charge is 0.334 e. The van der Waals surface area contributed by atoms with Crippen LogP contribution >= 0.6 is 0 Å². The maximum Gasteiger partial charge on any atom is 0.334 e. The number of carbonyl (C=O) groups excluding carboxylic acids is 2. The lowest BCUT2D eigenvalue weighted by Crippen LogP contribution is -2.53. The molecule has 2 amide bonds. The number of halogens is 1. The predicted octanol–water partition coefficient (Wildman–Crippen LogP) is 0.185. The minimum atomic E-state index is -1.13. The van der Waals surface area contributed by atoms with E-state index in [1.165, 1.54) is 23.1 Å². The zero-order valence-corrected chi connectivity index (χ0v) is 13.2. The monoisotopic (exact) mass is 338 g/mol. The maximum atomic E-state index is 13.1. The van der Waals surface area contributed by atoms with Crippen LogP contribution in [0.5, 0.6) is 0 Å². The summed E-state index contributed by atoms with van der Waals surface area (Å²) in [5.41, 5.74) is 0.505. The van der Waals surface area contributed by atoms with Gasteiger partial charge in [-0.3, -0.25) is 9.59 Å². The van der Waals surface area contributed by atoms with Crippen LogP contribution in [0.3, 0.4) is 0 Å². The number of benzene rings is 1. The van der Waals surface area contributed by atoms with Crippen LogP contribution in [0.1, 0.15) is 12.5 Å². The summed E-state index contributed by atoms with van der Waals surface area (Å²) in [6.45, 7) is 1.64. The van der Waals surface area contributed by atoms with Gasteiger partial charge in [0.25, 0.3) is 0 Å². The maximum absolute atomic E-state index is 13.1. The number of amides is 2. The van der Waals surface area contributed by atoms with E-state index in [0.717, 1.165) is 0 Å². The van der Waals surface area contributed by atoms with Gasteiger partial charge in [0, 0.05) is 6.54 Å². The number of hydrogen-bond donors (Lipinski definition) is 2. The second-order valence-corrected chi connectivity index (χ2v) is 5.66. The highest BCUT2D eigenvalue weighted by atomic mass is 19.1. The van der Waals surface area contributed by atoms with Crippen molar-refractivity contribution in [2.75, 3.05) is 19.6 Å². The first kappa shape index (κ1) is 17.9. The molecule has 1 saturated heterocycles. The molecule has 1 unspecified atom stereocenters. The van der Waals surface area contributed by atoms with Crippen LogP contribution in [0.25, 0.3) is 0 Å². The highest BCUT2D eigenvalue weighted by Crippen LogP contribution is 2.11. The zero-order valence-electron chi connectivity index (χ0n) is 13.2. The van der Waals surface area contributed by atoms with Gasteiger partial charge in [0.2, 0.25) is 11.8 Å². The van der Waals surface area contributed by atoms with E-state index >= 15 is 0 Å². The van der Waals surface area contributed by atoms with Crippen molar-refractivity contribution in [3.8, 4) is 0 Å². The highest BCUT2D eigenvalue weighted by molar-refractivity contribution is 5.86. The molecule has 1 heterocycles. The van der Waals surface area contributed by atoms with E-state index in [-0.39, 0.29) is 32.0 Å². The second-order valence-electron chi connectivity index (χ2n) is 5.66. The van der Waals surface area contributed by atoms with Crippen molar-refractivity contribution in [2.45, 2.75) is 25.6 Å². The van der Waals surface area contributed by atoms with Gasteiger partial charge in [-0.05, 0) is 24.6 Å². The van der Waals surface area contributed by atoms with Crippen LogP contribution in [-0.4, -0.2) is 59.6 Å². The molecule has 0 bridgehead atoms. The van der Waals surface area contributed by atoms with Crippen molar-refractivity contribution < 1.29 is 28.6 Å². The van der Waals surface area contributed by atoms with E-state index in [0.29, 0.717) is 5.56 Å². The van der Waals surface area contributed by atoms with Gasteiger partial charge in [0.15, 0.2) is 6.10 Å². The third-order valence-electron chi connectivity index (χ3n) is 3.58. The van der Waals surface area contributed by atoms with Crippen LogP contribution in [0.4, 0.5) is 4.39 Å². The minimum absolute atomic E-state index is 0.0394. The summed E-state index contributed by atoms with van der Waals surface area (Å²) in [4.78, 5) is 36.3. The standard InChI is InChI=1S/C16H19FN2O5/c1-10-8-19(9-13(24-10)16(22)23)15(21)7-18-14(20)6-11-3-2-4-12(17)5-11/h2-5,10,13H,6-9H2,1H3,(H,18,20)(H,22,23)/t10-,13?/m1/s1. The summed E-state index contributed by atoms with van der Waals surface area (Å²) in [6, 6.07) is 5.65. The second kappa shape index (κ2) is 7.87. The van der Waals surface area contributed by atoms with Gasteiger partial charge in [-0.1, -0.05) is 12.1 Å². The molecule has 1 aliphatic rings. The number of rotatable bonds is 5. The van der Waals surface area contributed by atoms with Crippen molar-refractivity contribution in [3.05, 3.63) is 35.6 Å². The SMILES string of the molecule is C[C@@H]1CN(C(=O)CNC(=O)Cc2cccc(F)c2)CC(C(=O)O)O1. The van der Waals surface area contributed by atoms with Crippen LogP contribution in [-0.2, 0) is 25.5 Å². The third kappa shape index (κ3) is 5.02. The molecule has 8 heteroatoms. The number of nitrogens with zero attached hydrogens (tertiary/aromatic N) is 1. The highest BCUT2D eigenvalue weighted by Gasteiger charge is 2.32. The summed E-state index contributed by atoms with van der Waals surface area (Å²) in [5, 5.41) is 11.5. The molecule has 0 saturated carbocycles. The molecule has 0 spiro atoms. The van der Waals surface area contributed by atoms with Crippen LogP contribution in [0.2, 0.25) is 0 Å². The lowest BCUT2D eigenvalue weighted by molar-refractivity contribution is -0.166. The van der Waals surface area contributed by atoms with Crippen molar-refractivity contribution in [1.29, 1.82) is 0 Å². The number of nitrogens with one attached hydrogen (secondary N) is 1. The molecular formula is C16H19FN2O5. The number of ether oxygens (including phenoxy) is 1. The van der Waals surface area contributed by atoms with Gasteiger partial charge >= 0.3 is 5.97 Å². The zero-order chi connectivity index (χ0) is 17.7. The Bertz CT molecular complexity index is 637. The number of aliphatic carboxylic acids is 1. The molecule has 2 rings (SSSR count). The fraction of sp³-hybridized carbons (Fsp3) is 0.438. The molecule has 2 atom stereocenters. The Labute approximate surface area is 138 Å². The number of morpholine rings is 1. The first-order valence-corrected chi connectivity index (χ1v) is 7.52. The fourth-order valence-electron chi connectivity index (χ4n) is 2.47. The van der Waals surface area contributed by atoms with Gasteiger partial charge in [0.1, 0.15) is 5.82 Å². The van der Waals surface area contributed by atoms with Crippen molar-refractivity contribution in [2.24, 2.45) is 0 Å². The molecule has 0 aromatic heterocycles. The van der Waals surface area contributed by atoms with E-state index in [9.17, 15) is 18.8 Å². The Morgan fingerprint density at radius 2 is 2.12 bits per heavy atom. The molecule has 1 aromatic carbocycles. The molecular weight excluding hydrogens is 319 g/mol.